The first-order chi connectivity index (χ1) is 2.64. The van der Waals surface area contributed by atoms with Crippen LogP contribution in [0.1, 0.15) is 6.92 Å². The zero-order chi connectivity index (χ0) is 5.15. The molecule has 0 heterocycles. The van der Waals surface area contributed by atoms with E-state index in [0.717, 1.165) is 0 Å². The number of carboxylic acids is 1. The number of hydrogen-bond donors (Lipinski definition) is 1. The van der Waals surface area contributed by atoms with Crippen molar-refractivity contribution in [1.82, 2.24) is 0 Å². The summed E-state index contributed by atoms with van der Waals surface area (Å²) in [5.74, 6) is -0.741. The Morgan fingerprint density at radius 1 is 2.00 bits per heavy atom. The summed E-state index contributed by atoms with van der Waals surface area (Å²) in [6.45, 7) is 1.64. The molecule has 0 amide bonds. The van der Waals surface area contributed by atoms with Crippen molar-refractivity contribution in [2.45, 2.75) is 11.1 Å². The summed E-state index contributed by atoms with van der Waals surface area (Å²) >= 11 is 1.64. The Hall–Kier alpha value is 0.184. The van der Waals surface area contributed by atoms with Crippen LogP contribution in [0.4, 0.5) is 0 Å². The Morgan fingerprint density at radius 3 is 2.17 bits per heavy atom. The van der Waals surface area contributed by atoms with E-state index in [1.54, 1.807) is 27.4 Å². The van der Waals surface area contributed by atoms with E-state index in [1.165, 1.54) is 0 Å². The summed E-state index contributed by atoms with van der Waals surface area (Å²) in [4.78, 5) is 9.70. The van der Waals surface area contributed by atoms with Crippen molar-refractivity contribution < 1.29 is 30.3 Å². The Kier molecular flexibility index (Phi) is 2.45. The van der Waals surface area contributed by atoms with Crippen LogP contribution >= 0.6 is 0 Å². The van der Waals surface area contributed by atoms with Gasteiger partial charge in [0.1, 0.15) is 0 Å². The molecule has 0 bridgehead atoms. The van der Waals surface area contributed by atoms with Gasteiger partial charge in [0.2, 0.25) is 0 Å². The molecule has 0 aliphatic rings. The van der Waals surface area contributed by atoms with Crippen molar-refractivity contribution in [3.05, 3.63) is 0 Å². The molecule has 1 N–H and O–H groups in total. The van der Waals surface area contributed by atoms with Crippen LogP contribution in [0.5, 0.6) is 0 Å². The number of carbonyl (C=O) groups is 1. The summed E-state index contributed by atoms with van der Waals surface area (Å²) in [7, 11) is 0. The van der Waals surface area contributed by atoms with E-state index >= 15 is 0 Å². The molecule has 0 aliphatic carbocycles. The Morgan fingerprint density at radius 2 is 2.17 bits per heavy atom. The van der Waals surface area contributed by atoms with Gasteiger partial charge in [-0.25, -0.2) is 0 Å². The van der Waals surface area contributed by atoms with E-state index in [0.29, 0.717) is 0 Å². The molecule has 0 fully saturated rings. The van der Waals surface area contributed by atoms with Crippen molar-refractivity contribution in [3.8, 4) is 0 Å². The predicted octanol–water partition coefficient (Wildman–Crippen LogP) is 0.426. The Balaban J connectivity index is 3.26. The maximum atomic E-state index is 9.70. The second-order valence-electron chi connectivity index (χ2n) is 1.06. The third-order valence-electron chi connectivity index (χ3n) is 0.370. The van der Waals surface area contributed by atoms with Crippen molar-refractivity contribution >= 4 is 5.97 Å². The number of carboxylic acid groups (broad SMARTS) is 1. The molecule has 0 rings (SSSR count). The zero-order valence-corrected chi connectivity index (χ0v) is 4.99. The summed E-state index contributed by atoms with van der Waals surface area (Å²) in [6.07, 6.45) is 0. The van der Waals surface area contributed by atoms with Gasteiger partial charge in [0, 0.05) is 0 Å². The maximum absolute atomic E-state index is 9.70. The molecule has 0 aromatic carbocycles. The molecular formula is C3H5O2Ti. The number of hydrogen-bond acceptors (Lipinski definition) is 1. The van der Waals surface area contributed by atoms with Gasteiger partial charge < -0.3 is 0 Å². The van der Waals surface area contributed by atoms with Crippen LogP contribution < -0.4 is 0 Å². The van der Waals surface area contributed by atoms with Crippen LogP contribution in [0.25, 0.3) is 0 Å². The molecule has 0 spiro atoms. The second-order valence-corrected chi connectivity index (χ2v) is 2.41. The second kappa shape index (κ2) is 2.37. The Labute approximate surface area is 48.0 Å². The molecule has 0 radical (unpaired) electrons. The topological polar surface area (TPSA) is 37.3 Å². The predicted molar refractivity (Wildman–Crippen MR) is 17.1 cm³/mol. The third-order valence-corrected chi connectivity index (χ3v) is 0.756. The summed E-state index contributed by atoms with van der Waals surface area (Å²) in [5.41, 5.74) is 0. The van der Waals surface area contributed by atoms with Gasteiger partial charge in [-0.1, -0.05) is 0 Å². The fourth-order valence-electron chi connectivity index (χ4n) is 0. The molecule has 1 atom stereocenters. The summed E-state index contributed by atoms with van der Waals surface area (Å²) < 4.78 is -0.231. The van der Waals surface area contributed by atoms with Gasteiger partial charge >= 0.3 is 47.5 Å². The summed E-state index contributed by atoms with van der Waals surface area (Å²) in [6, 6.07) is 0. The molecular weight excluding hydrogens is 116 g/mol. The number of rotatable bonds is 1. The molecule has 0 aromatic rings. The van der Waals surface area contributed by atoms with E-state index in [2.05, 4.69) is 0 Å². The van der Waals surface area contributed by atoms with Crippen molar-refractivity contribution in [2.75, 3.05) is 0 Å². The number of aliphatic carboxylic acids is 1. The summed E-state index contributed by atoms with van der Waals surface area (Å²) in [5, 5.41) is 7.99. The monoisotopic (exact) mass is 121 g/mol. The van der Waals surface area contributed by atoms with Crippen LogP contribution in [0.15, 0.2) is 0 Å². The molecule has 0 saturated carbocycles. The zero-order valence-electron chi connectivity index (χ0n) is 3.43. The van der Waals surface area contributed by atoms with Crippen LogP contribution in [0, 0.1) is 0 Å². The van der Waals surface area contributed by atoms with Gasteiger partial charge in [-0.15, -0.1) is 0 Å². The molecule has 0 saturated heterocycles. The first-order valence-electron chi connectivity index (χ1n) is 1.58. The third kappa shape index (κ3) is 2.42. The van der Waals surface area contributed by atoms with Gasteiger partial charge in [0.25, 0.3) is 0 Å². The Bertz CT molecular complexity index is 59.8. The van der Waals surface area contributed by atoms with Crippen LogP contribution in [-0.2, 0) is 25.2 Å². The quantitative estimate of drug-likeness (QED) is 0.510. The molecule has 1 unspecified atom stereocenters. The molecule has 2 nitrogen and oxygen atoms in total. The molecule has 6 heavy (non-hydrogen) atoms. The van der Waals surface area contributed by atoms with Crippen LogP contribution in [0.3, 0.4) is 0 Å². The van der Waals surface area contributed by atoms with Gasteiger partial charge in [0.05, 0.1) is 0 Å². The molecule has 33 valence electrons. The minimum absolute atomic E-state index is 0.231. The first-order valence-corrected chi connectivity index (χ1v) is 2.48. The van der Waals surface area contributed by atoms with E-state index in [4.69, 9.17) is 5.11 Å². The first kappa shape index (κ1) is 6.18. The minimum atomic E-state index is -0.741. The fourth-order valence-corrected chi connectivity index (χ4v) is 0. The van der Waals surface area contributed by atoms with Gasteiger partial charge in [-0.05, 0) is 0 Å². The average Bonchev–Trinajstić information content (AvgIpc) is 1.36. The van der Waals surface area contributed by atoms with Crippen LogP contribution in [0.2, 0.25) is 4.22 Å². The normalized spacial score (nSPS) is 13.3. The van der Waals surface area contributed by atoms with Gasteiger partial charge in [-0.2, -0.15) is 0 Å². The van der Waals surface area contributed by atoms with E-state index in [9.17, 15) is 4.79 Å². The average molecular weight is 121 g/mol. The molecule has 3 heteroatoms. The van der Waals surface area contributed by atoms with E-state index in [-0.39, 0.29) is 4.22 Å². The van der Waals surface area contributed by atoms with E-state index in [1.807, 2.05) is 0 Å². The molecule has 0 aliphatic heterocycles. The van der Waals surface area contributed by atoms with Crippen molar-refractivity contribution in [3.63, 3.8) is 0 Å². The van der Waals surface area contributed by atoms with Crippen molar-refractivity contribution in [2.24, 2.45) is 0 Å². The standard InChI is InChI=1S/C3H5O2.Ti/c1-2-3(4)5;/h2H,1H3,(H,4,5);. The molecule has 0 aromatic heterocycles. The van der Waals surface area contributed by atoms with Crippen molar-refractivity contribution in [1.29, 1.82) is 0 Å². The van der Waals surface area contributed by atoms with E-state index < -0.39 is 5.97 Å². The SMILES string of the molecule is C[CH]([Ti])C(=O)O. The van der Waals surface area contributed by atoms with Gasteiger partial charge in [-0.3, -0.25) is 0 Å². The fraction of sp³-hybridized carbons (Fsp3) is 0.667. The van der Waals surface area contributed by atoms with Crippen LogP contribution in [-0.4, -0.2) is 11.1 Å². The van der Waals surface area contributed by atoms with Gasteiger partial charge in [0.15, 0.2) is 0 Å².